The number of nitrogens with one attached hydrogen (secondary N) is 1. The molecule has 0 saturated carbocycles. The number of thiazole rings is 1. The van der Waals surface area contributed by atoms with Gasteiger partial charge >= 0.3 is 5.97 Å². The van der Waals surface area contributed by atoms with Crippen molar-refractivity contribution < 1.29 is 9.53 Å². The fraction of sp³-hybridized carbons (Fsp3) is 0.636. The van der Waals surface area contributed by atoms with Crippen LogP contribution in [0.4, 0.5) is 5.13 Å². The molecule has 1 unspecified atom stereocenters. The van der Waals surface area contributed by atoms with Crippen LogP contribution in [0.3, 0.4) is 0 Å². The topological polar surface area (TPSA) is 51.2 Å². The van der Waals surface area contributed by atoms with Crippen LogP contribution in [0.2, 0.25) is 0 Å². The Labute approximate surface area is 110 Å². The van der Waals surface area contributed by atoms with Gasteiger partial charge < -0.3 is 10.1 Å². The lowest BCUT2D eigenvalue weighted by Crippen LogP contribution is -2.15. The van der Waals surface area contributed by atoms with Crippen molar-refractivity contribution in [3.8, 4) is 0 Å². The van der Waals surface area contributed by atoms with Crippen molar-refractivity contribution in [1.29, 1.82) is 0 Å². The molecule has 0 radical (unpaired) electrons. The Balaban J connectivity index is 2.63. The third-order valence-corrected chi connectivity index (χ3v) is 4.00. The fourth-order valence-electron chi connectivity index (χ4n) is 1.32. The predicted molar refractivity (Wildman–Crippen MR) is 74.3 cm³/mol. The Morgan fingerprint density at radius 3 is 2.94 bits per heavy atom. The molecule has 0 amide bonds. The van der Waals surface area contributed by atoms with E-state index in [1.54, 1.807) is 0 Å². The van der Waals surface area contributed by atoms with E-state index in [1.165, 1.54) is 18.4 Å². The molecule has 0 spiro atoms. The highest BCUT2D eigenvalue weighted by Crippen LogP contribution is 2.24. The predicted octanol–water partition coefficient (Wildman–Crippen LogP) is 2.79. The van der Waals surface area contributed by atoms with Crippen molar-refractivity contribution in [3.05, 3.63) is 10.6 Å². The Morgan fingerprint density at radius 2 is 2.35 bits per heavy atom. The summed E-state index contributed by atoms with van der Waals surface area (Å²) in [4.78, 5) is 16.3. The number of anilines is 1. The number of carbonyl (C=O) groups excluding carboxylic acids is 1. The van der Waals surface area contributed by atoms with Crippen molar-refractivity contribution in [1.82, 2.24) is 4.98 Å². The van der Waals surface area contributed by atoms with Gasteiger partial charge in [-0.2, -0.15) is 11.8 Å². The van der Waals surface area contributed by atoms with Gasteiger partial charge in [-0.3, -0.25) is 0 Å². The van der Waals surface area contributed by atoms with Gasteiger partial charge in [-0.15, -0.1) is 0 Å². The van der Waals surface area contributed by atoms with Gasteiger partial charge in [0.1, 0.15) is 4.88 Å². The average Bonchev–Trinajstić information content (AvgIpc) is 2.66. The molecule has 6 heteroatoms. The highest BCUT2D eigenvalue weighted by molar-refractivity contribution is 7.98. The number of nitrogens with zero attached hydrogens (tertiary/aromatic N) is 1. The molecule has 4 nitrogen and oxygen atoms in total. The summed E-state index contributed by atoms with van der Waals surface area (Å²) >= 11 is 3.18. The Bertz CT molecular complexity index is 380. The molecule has 1 heterocycles. The summed E-state index contributed by atoms with van der Waals surface area (Å²) in [7, 11) is 1.38. The van der Waals surface area contributed by atoms with Crippen LogP contribution in [0.5, 0.6) is 0 Å². The molecule has 0 aliphatic rings. The number of methoxy groups -OCH3 is 1. The number of esters is 1. The molecular weight excluding hydrogens is 256 g/mol. The highest BCUT2D eigenvalue weighted by atomic mass is 32.2. The van der Waals surface area contributed by atoms with Crippen LogP contribution in [0.25, 0.3) is 0 Å². The zero-order chi connectivity index (χ0) is 12.8. The quantitative estimate of drug-likeness (QED) is 0.808. The zero-order valence-corrected chi connectivity index (χ0v) is 12.2. The summed E-state index contributed by atoms with van der Waals surface area (Å²) < 4.78 is 4.70. The second kappa shape index (κ2) is 6.86. The lowest BCUT2D eigenvalue weighted by molar-refractivity contribution is 0.0605. The van der Waals surface area contributed by atoms with Crippen molar-refractivity contribution in [2.24, 2.45) is 0 Å². The van der Waals surface area contributed by atoms with Gasteiger partial charge in [0.05, 0.1) is 12.8 Å². The molecule has 1 rings (SSSR count). The summed E-state index contributed by atoms with van der Waals surface area (Å²) in [6.07, 6.45) is 3.17. The number of aromatic nitrogens is 1. The van der Waals surface area contributed by atoms with Crippen molar-refractivity contribution in [2.45, 2.75) is 26.3 Å². The summed E-state index contributed by atoms with van der Waals surface area (Å²) in [5, 5.41) is 4.09. The molecule has 96 valence electrons. The van der Waals surface area contributed by atoms with E-state index in [0.717, 1.165) is 23.0 Å². The maximum atomic E-state index is 11.4. The molecule has 0 aliphatic carbocycles. The van der Waals surface area contributed by atoms with Crippen molar-refractivity contribution in [2.75, 3.05) is 24.4 Å². The molecule has 1 N–H and O–H groups in total. The first-order valence-electron chi connectivity index (χ1n) is 5.39. The van der Waals surface area contributed by atoms with Gasteiger partial charge in [-0.1, -0.05) is 11.3 Å². The Morgan fingerprint density at radius 1 is 1.65 bits per heavy atom. The lowest BCUT2D eigenvalue weighted by atomic mass is 10.3. The first-order valence-corrected chi connectivity index (χ1v) is 7.60. The number of ether oxygens (including phenoxy) is 1. The molecule has 0 aromatic carbocycles. The third kappa shape index (κ3) is 4.20. The van der Waals surface area contributed by atoms with Crippen LogP contribution in [0.15, 0.2) is 0 Å². The molecule has 0 aliphatic heterocycles. The largest absolute Gasteiger partial charge is 0.465 e. The molecule has 1 aromatic rings. The molecule has 0 saturated heterocycles. The first-order chi connectivity index (χ1) is 8.08. The second-order valence-corrected chi connectivity index (χ2v) is 5.74. The molecule has 1 atom stereocenters. The average molecular weight is 274 g/mol. The second-order valence-electron chi connectivity index (χ2n) is 3.75. The van der Waals surface area contributed by atoms with E-state index in [-0.39, 0.29) is 5.97 Å². The number of thioether (sulfide) groups is 1. The van der Waals surface area contributed by atoms with E-state index >= 15 is 0 Å². The summed E-state index contributed by atoms with van der Waals surface area (Å²) in [5.41, 5.74) is 0.724. The maximum absolute atomic E-state index is 11.4. The molecule has 1 aromatic heterocycles. The summed E-state index contributed by atoms with van der Waals surface area (Å²) in [5.74, 6) is 0.798. The van der Waals surface area contributed by atoms with Gasteiger partial charge in [0.25, 0.3) is 0 Å². The fourth-order valence-corrected chi connectivity index (χ4v) is 2.90. The normalized spacial score (nSPS) is 12.2. The molecule has 0 fully saturated rings. The Kier molecular flexibility index (Phi) is 5.77. The minimum Gasteiger partial charge on any atom is -0.465 e. The zero-order valence-electron chi connectivity index (χ0n) is 10.6. The summed E-state index contributed by atoms with van der Waals surface area (Å²) in [6.45, 7) is 3.94. The third-order valence-electron chi connectivity index (χ3n) is 2.29. The van der Waals surface area contributed by atoms with Gasteiger partial charge in [0.15, 0.2) is 5.13 Å². The number of hydrogen-bond donors (Lipinski definition) is 1. The standard InChI is InChI=1S/C11H18N2O2S2/c1-7(5-6-16-4)12-11-13-8(2)9(17-11)10(14)15-3/h7H,5-6H2,1-4H3,(H,12,13). The van der Waals surface area contributed by atoms with E-state index in [2.05, 4.69) is 23.5 Å². The molecule has 17 heavy (non-hydrogen) atoms. The summed E-state index contributed by atoms with van der Waals surface area (Å²) in [6, 6.07) is 0.360. The van der Waals surface area contributed by atoms with Crippen LogP contribution in [-0.2, 0) is 4.74 Å². The monoisotopic (exact) mass is 274 g/mol. The van der Waals surface area contributed by atoms with Crippen LogP contribution in [0.1, 0.15) is 28.7 Å². The SMILES string of the molecule is COC(=O)c1sc(NC(C)CCSC)nc1C. The van der Waals surface area contributed by atoms with Gasteiger partial charge in [-0.05, 0) is 32.3 Å². The minimum atomic E-state index is -0.315. The van der Waals surface area contributed by atoms with Crippen LogP contribution >= 0.6 is 23.1 Å². The first kappa shape index (κ1) is 14.3. The molecule has 0 bridgehead atoms. The minimum absolute atomic E-state index is 0.315. The number of rotatable bonds is 6. The molecular formula is C11H18N2O2S2. The number of hydrogen-bond acceptors (Lipinski definition) is 6. The highest BCUT2D eigenvalue weighted by Gasteiger charge is 2.16. The van der Waals surface area contributed by atoms with E-state index < -0.39 is 0 Å². The van der Waals surface area contributed by atoms with E-state index in [1.807, 2.05) is 18.7 Å². The Hall–Kier alpha value is -0.750. The van der Waals surface area contributed by atoms with Gasteiger partial charge in [0, 0.05) is 6.04 Å². The number of aryl methyl sites for hydroxylation is 1. The van der Waals surface area contributed by atoms with Gasteiger partial charge in [0.2, 0.25) is 0 Å². The van der Waals surface area contributed by atoms with E-state index in [4.69, 9.17) is 4.74 Å². The van der Waals surface area contributed by atoms with Crippen LogP contribution in [0, 0.1) is 6.92 Å². The number of carbonyl (C=O) groups is 1. The smallest absolute Gasteiger partial charge is 0.350 e. The maximum Gasteiger partial charge on any atom is 0.350 e. The van der Waals surface area contributed by atoms with Crippen LogP contribution < -0.4 is 5.32 Å². The van der Waals surface area contributed by atoms with Crippen molar-refractivity contribution >= 4 is 34.2 Å². The van der Waals surface area contributed by atoms with E-state index in [0.29, 0.717) is 10.9 Å². The van der Waals surface area contributed by atoms with Crippen LogP contribution in [-0.4, -0.2) is 36.1 Å². The van der Waals surface area contributed by atoms with Crippen molar-refractivity contribution in [3.63, 3.8) is 0 Å². The van der Waals surface area contributed by atoms with E-state index in [9.17, 15) is 4.79 Å². The van der Waals surface area contributed by atoms with Gasteiger partial charge in [-0.25, -0.2) is 9.78 Å². The lowest BCUT2D eigenvalue weighted by Gasteiger charge is -2.11.